The van der Waals surface area contributed by atoms with Gasteiger partial charge >= 0.3 is 0 Å². The molecule has 3 rings (SSSR count). The van der Waals surface area contributed by atoms with Crippen LogP contribution in [0.2, 0.25) is 5.02 Å². The van der Waals surface area contributed by atoms with Crippen LogP contribution in [0.15, 0.2) is 71.2 Å². The molecule has 2 nitrogen and oxygen atoms in total. The van der Waals surface area contributed by atoms with Gasteiger partial charge in [-0.3, -0.25) is 0 Å². The van der Waals surface area contributed by atoms with Gasteiger partial charge in [-0.1, -0.05) is 39.7 Å². The Hall–Kier alpha value is -2.04. The molecule has 0 bridgehead atoms. The van der Waals surface area contributed by atoms with E-state index in [-0.39, 0.29) is 5.82 Å². The highest BCUT2D eigenvalue weighted by Crippen LogP contribution is 2.25. The number of nitrogens with one attached hydrogen (secondary N) is 1. The largest absolute Gasteiger partial charge is 0.489 e. The highest BCUT2D eigenvalue weighted by Gasteiger charge is 2.06. The van der Waals surface area contributed by atoms with E-state index >= 15 is 0 Å². The van der Waals surface area contributed by atoms with Crippen molar-refractivity contribution in [1.82, 2.24) is 0 Å². The molecule has 0 fully saturated rings. The van der Waals surface area contributed by atoms with Crippen molar-refractivity contribution in [3.63, 3.8) is 0 Å². The molecule has 128 valence electrons. The molecule has 0 spiro atoms. The van der Waals surface area contributed by atoms with Crippen LogP contribution >= 0.6 is 27.5 Å². The maximum atomic E-state index is 13.3. The number of hydrogen-bond acceptors (Lipinski definition) is 2. The van der Waals surface area contributed by atoms with Crippen molar-refractivity contribution in [3.8, 4) is 5.75 Å². The molecule has 5 heteroatoms. The van der Waals surface area contributed by atoms with Gasteiger partial charge in [-0.2, -0.15) is 0 Å². The molecule has 1 N–H and O–H groups in total. The first-order valence-electron chi connectivity index (χ1n) is 7.75. The van der Waals surface area contributed by atoms with Crippen molar-refractivity contribution >= 4 is 33.2 Å². The molecule has 0 saturated carbocycles. The van der Waals surface area contributed by atoms with Crippen molar-refractivity contribution in [2.45, 2.75) is 13.2 Å². The van der Waals surface area contributed by atoms with Crippen molar-refractivity contribution in [2.75, 3.05) is 5.32 Å². The van der Waals surface area contributed by atoms with Crippen molar-refractivity contribution in [3.05, 3.63) is 93.2 Å². The van der Waals surface area contributed by atoms with E-state index in [0.717, 1.165) is 27.0 Å². The van der Waals surface area contributed by atoms with Gasteiger partial charge in [0.2, 0.25) is 0 Å². The van der Waals surface area contributed by atoms with E-state index in [0.29, 0.717) is 18.2 Å². The number of halogens is 3. The minimum absolute atomic E-state index is 0.262. The van der Waals surface area contributed by atoms with E-state index in [1.54, 1.807) is 6.07 Å². The highest BCUT2D eigenvalue weighted by atomic mass is 79.9. The molecule has 3 aromatic carbocycles. The minimum Gasteiger partial charge on any atom is -0.489 e. The van der Waals surface area contributed by atoms with Gasteiger partial charge in [-0.05, 0) is 60.2 Å². The Morgan fingerprint density at radius 2 is 1.80 bits per heavy atom. The molecule has 0 aliphatic heterocycles. The fourth-order valence-electron chi connectivity index (χ4n) is 2.38. The second-order valence-corrected chi connectivity index (χ2v) is 6.88. The number of rotatable bonds is 6. The fraction of sp³-hybridized carbons (Fsp3) is 0.100. The monoisotopic (exact) mass is 419 g/mol. The van der Waals surface area contributed by atoms with Gasteiger partial charge in [-0.15, -0.1) is 0 Å². The van der Waals surface area contributed by atoms with Crippen LogP contribution in [-0.2, 0) is 13.2 Å². The Morgan fingerprint density at radius 1 is 1.00 bits per heavy atom. The molecule has 0 radical (unpaired) electrons. The number of ether oxygens (including phenoxy) is 1. The molecule has 3 aromatic rings. The molecular formula is C20H16BrClFNO. The Kier molecular flexibility index (Phi) is 5.95. The summed E-state index contributed by atoms with van der Waals surface area (Å²) in [7, 11) is 0. The van der Waals surface area contributed by atoms with Gasteiger partial charge in [0.15, 0.2) is 0 Å². The van der Waals surface area contributed by atoms with Gasteiger partial charge < -0.3 is 10.1 Å². The quantitative estimate of drug-likeness (QED) is 0.496. The Balaban J connectivity index is 1.70. The normalized spacial score (nSPS) is 10.5. The van der Waals surface area contributed by atoms with Crippen LogP contribution < -0.4 is 10.1 Å². The maximum Gasteiger partial charge on any atom is 0.124 e. The third-order valence-corrected chi connectivity index (χ3v) is 4.38. The summed E-state index contributed by atoms with van der Waals surface area (Å²) in [5.74, 6) is 0.496. The van der Waals surface area contributed by atoms with E-state index in [9.17, 15) is 4.39 Å². The summed E-state index contributed by atoms with van der Waals surface area (Å²) in [5.41, 5.74) is 2.76. The zero-order valence-corrected chi connectivity index (χ0v) is 15.6. The van der Waals surface area contributed by atoms with E-state index in [2.05, 4.69) is 21.2 Å². The van der Waals surface area contributed by atoms with E-state index in [1.807, 2.05) is 48.5 Å². The smallest absolute Gasteiger partial charge is 0.124 e. The molecular weight excluding hydrogens is 405 g/mol. The van der Waals surface area contributed by atoms with E-state index in [4.69, 9.17) is 16.3 Å². The topological polar surface area (TPSA) is 21.3 Å². The summed E-state index contributed by atoms with van der Waals surface area (Å²) in [6, 6.07) is 19.8. The Bertz CT molecular complexity index is 855. The molecule has 0 atom stereocenters. The van der Waals surface area contributed by atoms with Gasteiger partial charge in [0.05, 0.1) is 0 Å². The second kappa shape index (κ2) is 8.37. The molecule has 0 unspecified atom stereocenters. The average Bonchev–Trinajstić information content (AvgIpc) is 2.60. The third kappa shape index (κ3) is 5.21. The maximum absolute atomic E-state index is 13.3. The lowest BCUT2D eigenvalue weighted by atomic mass is 10.2. The molecule has 0 aromatic heterocycles. The van der Waals surface area contributed by atoms with Crippen LogP contribution in [0.5, 0.6) is 5.75 Å². The molecule has 0 aliphatic carbocycles. The van der Waals surface area contributed by atoms with Crippen LogP contribution in [-0.4, -0.2) is 0 Å². The van der Waals surface area contributed by atoms with Crippen LogP contribution in [0.1, 0.15) is 11.1 Å². The summed E-state index contributed by atoms with van der Waals surface area (Å²) in [6.45, 7) is 0.910. The zero-order chi connectivity index (χ0) is 17.6. The molecule has 25 heavy (non-hydrogen) atoms. The number of hydrogen-bond donors (Lipinski definition) is 1. The summed E-state index contributed by atoms with van der Waals surface area (Å²) in [6.07, 6.45) is 0. The van der Waals surface area contributed by atoms with Crippen molar-refractivity contribution in [2.24, 2.45) is 0 Å². The lowest BCUT2D eigenvalue weighted by Gasteiger charge is -2.14. The highest BCUT2D eigenvalue weighted by molar-refractivity contribution is 9.10. The van der Waals surface area contributed by atoms with Gasteiger partial charge in [0.25, 0.3) is 0 Å². The fourth-order valence-corrected chi connectivity index (χ4v) is 2.91. The Labute approximate surface area is 159 Å². The third-order valence-electron chi connectivity index (χ3n) is 3.63. The van der Waals surface area contributed by atoms with E-state index in [1.165, 1.54) is 12.1 Å². The van der Waals surface area contributed by atoms with Crippen LogP contribution in [0, 0.1) is 5.82 Å². The first-order valence-corrected chi connectivity index (χ1v) is 8.92. The first-order chi connectivity index (χ1) is 12.1. The lowest BCUT2D eigenvalue weighted by molar-refractivity contribution is 0.302. The van der Waals surface area contributed by atoms with Crippen LogP contribution in [0.3, 0.4) is 0 Å². The van der Waals surface area contributed by atoms with Gasteiger partial charge in [0, 0.05) is 27.3 Å². The molecule has 0 heterocycles. The predicted octanol–water partition coefficient (Wildman–Crippen LogP) is 6.43. The second-order valence-electron chi connectivity index (χ2n) is 5.53. The van der Waals surface area contributed by atoms with Crippen LogP contribution in [0.25, 0.3) is 0 Å². The molecule has 0 aliphatic rings. The summed E-state index contributed by atoms with van der Waals surface area (Å²) in [4.78, 5) is 0. The van der Waals surface area contributed by atoms with Gasteiger partial charge in [0.1, 0.15) is 18.2 Å². The zero-order valence-electron chi connectivity index (χ0n) is 13.3. The first kappa shape index (κ1) is 17.8. The van der Waals surface area contributed by atoms with Crippen molar-refractivity contribution in [1.29, 1.82) is 0 Å². The Morgan fingerprint density at radius 3 is 2.56 bits per heavy atom. The number of benzene rings is 3. The lowest BCUT2D eigenvalue weighted by Crippen LogP contribution is -2.04. The SMILES string of the molecule is Fc1cccc(COc2ccc(Br)cc2CNc2ccc(Cl)cc2)c1. The molecule has 0 saturated heterocycles. The van der Waals surface area contributed by atoms with Crippen molar-refractivity contribution < 1.29 is 9.13 Å². The standard InChI is InChI=1S/C20H16BrClFNO/c21-16-4-9-20(25-13-14-2-1-3-18(23)10-14)15(11-16)12-24-19-7-5-17(22)6-8-19/h1-11,24H,12-13H2. The minimum atomic E-state index is -0.262. The van der Waals surface area contributed by atoms with Crippen LogP contribution in [0.4, 0.5) is 10.1 Å². The predicted molar refractivity (Wildman–Crippen MR) is 104 cm³/mol. The summed E-state index contributed by atoms with van der Waals surface area (Å²) >= 11 is 9.39. The number of anilines is 1. The average molecular weight is 421 g/mol. The molecule has 0 amide bonds. The van der Waals surface area contributed by atoms with Gasteiger partial charge in [-0.25, -0.2) is 4.39 Å². The van der Waals surface area contributed by atoms with E-state index < -0.39 is 0 Å². The summed E-state index contributed by atoms with van der Waals surface area (Å²) in [5, 5.41) is 4.04. The summed E-state index contributed by atoms with van der Waals surface area (Å²) < 4.78 is 20.1.